The summed E-state index contributed by atoms with van der Waals surface area (Å²) in [6, 6.07) is -0.742. The summed E-state index contributed by atoms with van der Waals surface area (Å²) in [5, 5.41) is 11.6. The highest BCUT2D eigenvalue weighted by Crippen LogP contribution is 2.12. The maximum absolute atomic E-state index is 12.7. The van der Waals surface area contributed by atoms with E-state index in [1.165, 1.54) is 25.7 Å². The van der Waals surface area contributed by atoms with Crippen molar-refractivity contribution in [3.05, 3.63) is 109 Å². The Kier molecular flexibility index (Phi) is 38.9. The normalized spacial score (nSPS) is 13.9. The van der Waals surface area contributed by atoms with E-state index < -0.39 is 18.1 Å². The molecule has 0 spiro atoms. The zero-order valence-corrected chi connectivity index (χ0v) is 38.3. The highest BCUT2D eigenvalue weighted by Gasteiger charge is 2.25. The predicted molar refractivity (Wildman–Crippen MR) is 249 cm³/mol. The van der Waals surface area contributed by atoms with Crippen LogP contribution in [0.15, 0.2) is 109 Å². The number of hydrogen-bond donors (Lipinski definition) is 0. The lowest BCUT2D eigenvalue weighted by atomic mass is 10.1. The van der Waals surface area contributed by atoms with Crippen molar-refractivity contribution in [3.63, 3.8) is 0 Å². The van der Waals surface area contributed by atoms with Gasteiger partial charge in [-0.25, -0.2) is 0 Å². The number of likely N-dealkylation sites (N-methyl/N-ethyl adjacent to an activating group) is 1. The van der Waals surface area contributed by atoms with Crippen LogP contribution in [0.25, 0.3) is 0 Å². The van der Waals surface area contributed by atoms with Crippen LogP contribution in [0.1, 0.15) is 149 Å². The minimum atomic E-state index is -1.14. The molecule has 0 aliphatic rings. The van der Waals surface area contributed by atoms with Gasteiger partial charge in [0.05, 0.1) is 40.3 Å². The number of unbranched alkanes of at least 4 members (excludes halogenated alkanes) is 14. The highest BCUT2D eigenvalue weighted by atomic mass is 16.6. The van der Waals surface area contributed by atoms with Crippen molar-refractivity contribution in [3.8, 4) is 0 Å². The molecule has 0 saturated carbocycles. The van der Waals surface area contributed by atoms with Crippen molar-refractivity contribution in [2.75, 3.05) is 41.0 Å². The average molecular weight is 834 g/mol. The molecule has 0 bridgehead atoms. The molecule has 0 fully saturated rings. The van der Waals surface area contributed by atoms with Gasteiger partial charge in [-0.2, -0.15) is 0 Å². The molecule has 2 unspecified atom stereocenters. The summed E-state index contributed by atoms with van der Waals surface area (Å²) in [6.07, 6.45) is 56.7. The van der Waals surface area contributed by atoms with E-state index in [0.717, 1.165) is 89.9 Å². The molecule has 0 aromatic heterocycles. The number of esters is 2. The number of aliphatic carboxylic acids is 1. The van der Waals surface area contributed by atoms with E-state index in [4.69, 9.17) is 14.2 Å². The third-order valence-corrected chi connectivity index (χ3v) is 9.59. The van der Waals surface area contributed by atoms with Crippen molar-refractivity contribution in [2.45, 2.75) is 161 Å². The van der Waals surface area contributed by atoms with Gasteiger partial charge < -0.3 is 28.6 Å². The third-order valence-electron chi connectivity index (χ3n) is 9.59. The number of carbonyl (C=O) groups is 3. The van der Waals surface area contributed by atoms with E-state index in [1.807, 2.05) is 48.6 Å². The number of nitrogens with zero attached hydrogens (tertiary/aromatic N) is 1. The fraction of sp³-hybridized carbons (Fsp3) is 0.596. The van der Waals surface area contributed by atoms with Crippen molar-refractivity contribution in [2.24, 2.45) is 0 Å². The van der Waals surface area contributed by atoms with Crippen LogP contribution in [0.3, 0.4) is 0 Å². The van der Waals surface area contributed by atoms with E-state index in [0.29, 0.717) is 6.42 Å². The van der Waals surface area contributed by atoms with Crippen LogP contribution in [0.5, 0.6) is 0 Å². The molecular weight excluding hydrogens is 751 g/mol. The fourth-order valence-electron chi connectivity index (χ4n) is 5.99. The number of ether oxygens (including phenoxy) is 3. The molecule has 8 nitrogen and oxygen atoms in total. The molecule has 60 heavy (non-hydrogen) atoms. The standard InChI is InChI=1S/C52H83NO7/c1-6-8-10-12-14-16-18-20-22-24-26-28-30-32-34-36-38-40-42-50(54)59-47-48(46-58-45-44-49(52(56)57)53(3,4)5)60-51(55)43-41-39-37-35-33-31-29-27-25-23-21-19-17-15-13-11-9-7-2/h10,12,14-29,48-49H,6-9,11,13,30-47H2,1-5H3/b12-10+,16-14+,17-15+,20-18+,21-19+,24-22+,25-23+,28-26+,29-27+. The SMILES string of the molecule is CCC/C=C/C=C/C=C/C=C/C=C/CCCCCCCC(=O)OCC(COCCC(C(=O)[O-])[N+](C)(C)C)OC(=O)CCCCCCC/C=C/C=C/C=C/C=C/CCCCC. The molecule has 0 heterocycles. The Balaban J connectivity index is 4.47. The van der Waals surface area contributed by atoms with Crippen molar-refractivity contribution in [1.29, 1.82) is 0 Å². The van der Waals surface area contributed by atoms with E-state index in [1.54, 1.807) is 21.1 Å². The van der Waals surface area contributed by atoms with Gasteiger partial charge in [0.25, 0.3) is 0 Å². The zero-order chi connectivity index (χ0) is 44.2. The molecular formula is C52H83NO7. The first-order chi connectivity index (χ1) is 29.1. The summed E-state index contributed by atoms with van der Waals surface area (Å²) in [7, 11) is 5.38. The Hall–Kier alpha value is -4.01. The highest BCUT2D eigenvalue weighted by molar-refractivity contribution is 5.70. The van der Waals surface area contributed by atoms with Gasteiger partial charge in [0.15, 0.2) is 6.10 Å². The Morgan fingerprint density at radius 2 is 0.917 bits per heavy atom. The second-order valence-electron chi connectivity index (χ2n) is 16.1. The van der Waals surface area contributed by atoms with E-state index in [-0.39, 0.29) is 49.1 Å². The third kappa shape index (κ3) is 39.5. The van der Waals surface area contributed by atoms with Gasteiger partial charge >= 0.3 is 11.9 Å². The average Bonchev–Trinajstić information content (AvgIpc) is 3.21. The summed E-state index contributed by atoms with van der Waals surface area (Å²) < 4.78 is 17.1. The summed E-state index contributed by atoms with van der Waals surface area (Å²) >= 11 is 0. The van der Waals surface area contributed by atoms with Crippen LogP contribution < -0.4 is 5.11 Å². The Morgan fingerprint density at radius 1 is 0.500 bits per heavy atom. The van der Waals surface area contributed by atoms with Gasteiger partial charge in [0.1, 0.15) is 12.6 Å². The van der Waals surface area contributed by atoms with Gasteiger partial charge in [-0.3, -0.25) is 9.59 Å². The number of rotatable bonds is 39. The maximum Gasteiger partial charge on any atom is 0.306 e. The molecule has 2 atom stereocenters. The topological polar surface area (TPSA) is 102 Å². The predicted octanol–water partition coefficient (Wildman–Crippen LogP) is 11.5. The second kappa shape index (κ2) is 41.7. The van der Waals surface area contributed by atoms with Crippen LogP contribution >= 0.6 is 0 Å². The molecule has 8 heteroatoms. The van der Waals surface area contributed by atoms with E-state index >= 15 is 0 Å². The lowest BCUT2D eigenvalue weighted by Crippen LogP contribution is -2.55. The monoisotopic (exact) mass is 834 g/mol. The molecule has 0 amide bonds. The summed E-state index contributed by atoms with van der Waals surface area (Å²) in [4.78, 5) is 36.9. The lowest BCUT2D eigenvalue weighted by Gasteiger charge is -2.34. The number of hydrogen-bond acceptors (Lipinski definition) is 7. The van der Waals surface area contributed by atoms with Gasteiger partial charge in [-0.1, -0.05) is 181 Å². The van der Waals surface area contributed by atoms with Crippen molar-refractivity contribution in [1.82, 2.24) is 0 Å². The molecule has 0 saturated heterocycles. The fourth-order valence-corrected chi connectivity index (χ4v) is 5.99. The van der Waals surface area contributed by atoms with Crippen LogP contribution in [-0.4, -0.2) is 75.5 Å². The van der Waals surface area contributed by atoms with Crippen molar-refractivity contribution >= 4 is 17.9 Å². The largest absolute Gasteiger partial charge is 0.544 e. The molecule has 0 aliphatic carbocycles. The Bertz CT molecular complexity index is 1340. The molecule has 0 N–H and O–H groups in total. The van der Waals surface area contributed by atoms with E-state index in [9.17, 15) is 19.5 Å². The molecule has 0 aromatic rings. The van der Waals surface area contributed by atoms with Gasteiger partial charge in [-0.15, -0.1) is 0 Å². The quantitative estimate of drug-likeness (QED) is 0.0263. The summed E-state index contributed by atoms with van der Waals surface area (Å²) in [6.45, 7) is 4.46. The number of carboxylic acids is 1. The number of carboxylic acid groups (broad SMARTS) is 1. The zero-order valence-electron chi connectivity index (χ0n) is 38.3. The summed E-state index contributed by atoms with van der Waals surface area (Å²) in [5.41, 5.74) is 0. The van der Waals surface area contributed by atoms with Crippen LogP contribution in [0.2, 0.25) is 0 Å². The molecule has 0 aromatic carbocycles. The first-order valence-corrected chi connectivity index (χ1v) is 23.0. The van der Waals surface area contributed by atoms with Crippen molar-refractivity contribution < 1.29 is 38.2 Å². The molecule has 0 rings (SSSR count). The first-order valence-electron chi connectivity index (χ1n) is 23.0. The second-order valence-corrected chi connectivity index (χ2v) is 16.1. The van der Waals surface area contributed by atoms with Gasteiger partial charge in [0.2, 0.25) is 0 Å². The Labute approximate surface area is 366 Å². The number of carbonyl (C=O) groups excluding carboxylic acids is 3. The minimum Gasteiger partial charge on any atom is -0.544 e. The van der Waals surface area contributed by atoms with Crippen LogP contribution in [0, 0.1) is 0 Å². The van der Waals surface area contributed by atoms with E-state index in [2.05, 4.69) is 74.6 Å². The van der Waals surface area contributed by atoms with Crippen LogP contribution in [-0.2, 0) is 28.6 Å². The first kappa shape index (κ1) is 56.0. The maximum atomic E-state index is 12.7. The van der Waals surface area contributed by atoms with Gasteiger partial charge in [-0.05, 0) is 57.8 Å². The number of allylic oxidation sites excluding steroid dienone is 18. The molecule has 0 radical (unpaired) electrons. The number of quaternary nitrogens is 1. The minimum absolute atomic E-state index is 0.0143. The Morgan fingerprint density at radius 3 is 1.37 bits per heavy atom. The lowest BCUT2D eigenvalue weighted by molar-refractivity contribution is -0.889. The smallest absolute Gasteiger partial charge is 0.306 e. The molecule has 0 aliphatic heterocycles. The van der Waals surface area contributed by atoms with Gasteiger partial charge in [0, 0.05) is 19.3 Å². The van der Waals surface area contributed by atoms with Crippen LogP contribution in [0.4, 0.5) is 0 Å². The molecule has 338 valence electrons. The summed E-state index contributed by atoms with van der Waals surface area (Å²) in [5.74, 6) is -1.81.